The number of ether oxygens (including phenoxy) is 3. The van der Waals surface area contributed by atoms with E-state index in [1.54, 1.807) is 18.2 Å². The number of benzene rings is 4. The molecule has 0 heterocycles. The quantitative estimate of drug-likeness (QED) is 0.217. The zero-order valence-corrected chi connectivity index (χ0v) is 20.7. The lowest BCUT2D eigenvalue weighted by Crippen LogP contribution is -2.15. The van der Waals surface area contributed by atoms with Gasteiger partial charge < -0.3 is 19.5 Å². The first kappa shape index (κ1) is 24.4. The Morgan fingerprint density at radius 2 is 1.37 bits per heavy atom. The van der Waals surface area contributed by atoms with Crippen molar-refractivity contribution in [3.8, 4) is 17.2 Å². The van der Waals surface area contributed by atoms with E-state index in [1.165, 1.54) is 5.56 Å². The molecule has 35 heavy (non-hydrogen) atoms. The fraction of sp³-hybridized carbons (Fsp3) is 0.138. The van der Waals surface area contributed by atoms with Crippen LogP contribution in [0.1, 0.15) is 15.9 Å². The van der Waals surface area contributed by atoms with Gasteiger partial charge in [0.05, 0.1) is 12.2 Å². The van der Waals surface area contributed by atoms with Gasteiger partial charge in [-0.15, -0.1) is 0 Å². The molecule has 6 heteroatoms. The predicted octanol–water partition coefficient (Wildman–Crippen LogP) is 6.78. The number of halogens is 1. The van der Waals surface area contributed by atoms with Gasteiger partial charge in [0.25, 0.3) is 5.91 Å². The Morgan fingerprint density at radius 3 is 2.14 bits per heavy atom. The minimum Gasteiger partial charge on any atom is -0.492 e. The highest BCUT2D eigenvalue weighted by atomic mass is 79.9. The lowest BCUT2D eigenvalue weighted by Gasteiger charge is -2.13. The van der Waals surface area contributed by atoms with Gasteiger partial charge in [-0.05, 0) is 48.0 Å². The summed E-state index contributed by atoms with van der Waals surface area (Å²) in [6.07, 6.45) is 0.755. The van der Waals surface area contributed by atoms with Crippen LogP contribution in [0.3, 0.4) is 0 Å². The zero-order chi connectivity index (χ0) is 24.3. The van der Waals surface area contributed by atoms with Gasteiger partial charge in [-0.3, -0.25) is 4.79 Å². The highest BCUT2D eigenvalue weighted by Crippen LogP contribution is 2.26. The standard InChI is InChI=1S/C29H26BrNO4/c30-23-14-15-28(35-17-16-22-8-3-1-4-9-22)27(20-23)29(32)31-24-10-7-13-26(21-24)34-19-18-33-25-11-5-2-6-12-25/h1-15,20-21H,16-19H2,(H,31,32). The van der Waals surface area contributed by atoms with Crippen molar-refractivity contribution in [2.45, 2.75) is 6.42 Å². The maximum absolute atomic E-state index is 13.1. The summed E-state index contributed by atoms with van der Waals surface area (Å²) < 4.78 is 18.2. The Kier molecular flexibility index (Phi) is 8.79. The highest BCUT2D eigenvalue weighted by Gasteiger charge is 2.14. The number of hydrogen-bond donors (Lipinski definition) is 1. The Hall–Kier alpha value is -3.77. The van der Waals surface area contributed by atoms with E-state index in [2.05, 4.69) is 33.4 Å². The Morgan fingerprint density at radius 1 is 0.686 bits per heavy atom. The van der Waals surface area contributed by atoms with E-state index in [4.69, 9.17) is 14.2 Å². The molecule has 0 fully saturated rings. The zero-order valence-electron chi connectivity index (χ0n) is 19.2. The molecule has 178 valence electrons. The second-order valence-corrected chi connectivity index (χ2v) is 8.63. The van der Waals surface area contributed by atoms with Crippen molar-refractivity contribution in [3.05, 3.63) is 119 Å². The van der Waals surface area contributed by atoms with E-state index in [0.717, 1.165) is 16.6 Å². The fourth-order valence-electron chi connectivity index (χ4n) is 3.43. The van der Waals surface area contributed by atoms with E-state index in [-0.39, 0.29) is 5.91 Å². The van der Waals surface area contributed by atoms with E-state index >= 15 is 0 Å². The number of carbonyl (C=O) groups is 1. The number of rotatable bonds is 11. The van der Waals surface area contributed by atoms with E-state index in [9.17, 15) is 4.79 Å². The first-order valence-corrected chi connectivity index (χ1v) is 12.1. The summed E-state index contributed by atoms with van der Waals surface area (Å²) in [5.74, 6) is 1.72. The third-order valence-electron chi connectivity index (χ3n) is 5.13. The molecule has 0 saturated heterocycles. The number of hydrogen-bond acceptors (Lipinski definition) is 4. The lowest BCUT2D eigenvalue weighted by atomic mass is 10.1. The van der Waals surface area contributed by atoms with Crippen LogP contribution < -0.4 is 19.5 Å². The maximum atomic E-state index is 13.1. The maximum Gasteiger partial charge on any atom is 0.259 e. The molecule has 0 unspecified atom stereocenters. The highest BCUT2D eigenvalue weighted by molar-refractivity contribution is 9.10. The third-order valence-corrected chi connectivity index (χ3v) is 5.63. The van der Waals surface area contributed by atoms with Crippen molar-refractivity contribution in [1.82, 2.24) is 0 Å². The predicted molar refractivity (Wildman–Crippen MR) is 142 cm³/mol. The summed E-state index contributed by atoms with van der Waals surface area (Å²) in [7, 11) is 0. The molecular weight excluding hydrogens is 506 g/mol. The molecule has 0 radical (unpaired) electrons. The van der Waals surface area contributed by atoms with Gasteiger partial charge in [-0.2, -0.15) is 0 Å². The number of amides is 1. The fourth-order valence-corrected chi connectivity index (χ4v) is 3.79. The molecule has 4 aromatic rings. The topological polar surface area (TPSA) is 56.8 Å². The summed E-state index contributed by atoms with van der Waals surface area (Å²) in [5.41, 5.74) is 2.27. The smallest absolute Gasteiger partial charge is 0.259 e. The molecular formula is C29H26BrNO4. The van der Waals surface area contributed by atoms with Crippen molar-refractivity contribution in [2.75, 3.05) is 25.1 Å². The van der Waals surface area contributed by atoms with Crippen LogP contribution in [0.5, 0.6) is 17.2 Å². The molecule has 0 aliphatic rings. The molecule has 0 aliphatic carbocycles. The first-order chi connectivity index (χ1) is 17.2. The molecule has 1 N–H and O–H groups in total. The van der Waals surface area contributed by atoms with Crippen LogP contribution in [-0.4, -0.2) is 25.7 Å². The number of nitrogens with one attached hydrogen (secondary N) is 1. The SMILES string of the molecule is O=C(Nc1cccc(OCCOc2ccccc2)c1)c1cc(Br)ccc1OCCc1ccccc1. The van der Waals surface area contributed by atoms with Gasteiger partial charge in [0, 0.05) is 22.6 Å². The Balaban J connectivity index is 1.33. The molecule has 0 aromatic heterocycles. The van der Waals surface area contributed by atoms with Crippen molar-refractivity contribution >= 4 is 27.5 Å². The van der Waals surface area contributed by atoms with Gasteiger partial charge in [0.2, 0.25) is 0 Å². The van der Waals surface area contributed by atoms with Crippen LogP contribution in [0.15, 0.2) is 108 Å². The number of anilines is 1. The molecule has 0 aliphatic heterocycles. The first-order valence-electron chi connectivity index (χ1n) is 11.4. The average molecular weight is 532 g/mol. The monoisotopic (exact) mass is 531 g/mol. The minimum atomic E-state index is -0.259. The van der Waals surface area contributed by atoms with Gasteiger partial charge in [0.1, 0.15) is 30.5 Å². The Bertz CT molecular complexity index is 1230. The summed E-state index contributed by atoms with van der Waals surface area (Å²) >= 11 is 3.45. The molecule has 1 amide bonds. The second-order valence-electron chi connectivity index (χ2n) is 7.72. The van der Waals surface area contributed by atoms with E-state index < -0.39 is 0 Å². The van der Waals surface area contributed by atoms with Crippen LogP contribution in [-0.2, 0) is 6.42 Å². The molecule has 0 saturated carbocycles. The van der Waals surface area contributed by atoms with Gasteiger partial charge in [0.15, 0.2) is 0 Å². The van der Waals surface area contributed by atoms with Gasteiger partial charge >= 0.3 is 0 Å². The average Bonchev–Trinajstić information content (AvgIpc) is 2.89. The van der Waals surface area contributed by atoms with Crippen LogP contribution in [0.2, 0.25) is 0 Å². The van der Waals surface area contributed by atoms with Crippen LogP contribution in [0.4, 0.5) is 5.69 Å². The normalized spacial score (nSPS) is 10.4. The Labute approximate surface area is 213 Å². The van der Waals surface area contributed by atoms with Crippen molar-refractivity contribution in [2.24, 2.45) is 0 Å². The van der Waals surface area contributed by atoms with E-state index in [0.29, 0.717) is 42.6 Å². The molecule has 0 spiro atoms. The second kappa shape index (κ2) is 12.6. The summed E-state index contributed by atoms with van der Waals surface area (Å²) in [4.78, 5) is 13.1. The summed E-state index contributed by atoms with van der Waals surface area (Å²) in [6, 6.07) is 32.4. The van der Waals surface area contributed by atoms with Crippen molar-refractivity contribution in [3.63, 3.8) is 0 Å². The molecule has 4 aromatic carbocycles. The van der Waals surface area contributed by atoms with Crippen LogP contribution >= 0.6 is 15.9 Å². The van der Waals surface area contributed by atoms with Crippen molar-refractivity contribution < 1.29 is 19.0 Å². The van der Waals surface area contributed by atoms with Crippen LogP contribution in [0.25, 0.3) is 0 Å². The molecule has 0 atom stereocenters. The number of carbonyl (C=O) groups excluding carboxylic acids is 1. The lowest BCUT2D eigenvalue weighted by molar-refractivity contribution is 0.102. The minimum absolute atomic E-state index is 0.259. The number of para-hydroxylation sites is 1. The summed E-state index contributed by atoms with van der Waals surface area (Å²) in [6.45, 7) is 1.28. The van der Waals surface area contributed by atoms with E-state index in [1.807, 2.05) is 72.8 Å². The largest absolute Gasteiger partial charge is 0.492 e. The molecule has 4 rings (SSSR count). The van der Waals surface area contributed by atoms with Gasteiger partial charge in [-0.1, -0.05) is 70.5 Å². The summed E-state index contributed by atoms with van der Waals surface area (Å²) in [5, 5.41) is 2.94. The van der Waals surface area contributed by atoms with Crippen molar-refractivity contribution in [1.29, 1.82) is 0 Å². The molecule has 5 nitrogen and oxygen atoms in total. The van der Waals surface area contributed by atoms with Crippen LogP contribution in [0, 0.1) is 0 Å². The van der Waals surface area contributed by atoms with Gasteiger partial charge in [-0.25, -0.2) is 0 Å². The third kappa shape index (κ3) is 7.62. The molecule has 0 bridgehead atoms.